The summed E-state index contributed by atoms with van der Waals surface area (Å²) in [4.78, 5) is 20.4. The molecule has 0 aliphatic heterocycles. The van der Waals surface area contributed by atoms with Crippen LogP contribution in [0.25, 0.3) is 10.2 Å². The lowest BCUT2D eigenvalue weighted by Crippen LogP contribution is -2.19. The maximum absolute atomic E-state index is 11.7. The summed E-state index contributed by atoms with van der Waals surface area (Å²) >= 11 is 4.55. The van der Waals surface area contributed by atoms with Gasteiger partial charge in [-0.25, -0.2) is 15.4 Å². The zero-order valence-electron chi connectivity index (χ0n) is 11.6. The predicted molar refractivity (Wildman–Crippen MR) is 92.9 cm³/mol. The fourth-order valence-electron chi connectivity index (χ4n) is 1.68. The zero-order valence-corrected chi connectivity index (χ0v) is 14.1. The summed E-state index contributed by atoms with van der Waals surface area (Å²) in [7, 11) is 0. The number of thioether (sulfide) groups is 1. The van der Waals surface area contributed by atoms with Crippen LogP contribution < -0.4 is 5.43 Å². The molecule has 0 saturated heterocycles. The highest BCUT2D eigenvalue weighted by molar-refractivity contribution is 8.01. The Morgan fingerprint density at radius 1 is 1.41 bits per heavy atom. The van der Waals surface area contributed by atoms with Crippen LogP contribution in [-0.4, -0.2) is 27.8 Å². The number of hydrogen-bond acceptors (Lipinski definition) is 7. The highest BCUT2D eigenvalue weighted by Crippen LogP contribution is 2.28. The molecule has 0 fully saturated rings. The molecule has 5 nitrogen and oxygen atoms in total. The molecule has 0 radical (unpaired) electrons. The third-order valence-electron chi connectivity index (χ3n) is 2.62. The molecule has 3 aromatic rings. The van der Waals surface area contributed by atoms with Gasteiger partial charge in [0.15, 0.2) is 4.34 Å². The van der Waals surface area contributed by atoms with Crippen molar-refractivity contribution in [3.63, 3.8) is 0 Å². The van der Waals surface area contributed by atoms with E-state index in [0.29, 0.717) is 0 Å². The number of fused-ring (bicyclic) bond motifs is 1. The zero-order chi connectivity index (χ0) is 15.4. The number of hydrazone groups is 1. The minimum Gasteiger partial charge on any atom is -0.272 e. The molecule has 0 bridgehead atoms. The minimum atomic E-state index is -0.160. The third kappa shape index (κ3) is 3.90. The Morgan fingerprint density at radius 2 is 2.27 bits per heavy atom. The Kier molecular flexibility index (Phi) is 4.81. The van der Waals surface area contributed by atoms with Gasteiger partial charge in [-0.2, -0.15) is 5.10 Å². The SMILES string of the molecule is Cc1nc(/C=N/NC(=O)CSc2nc3ccccc3s2)cs1. The first-order chi connectivity index (χ1) is 10.7. The number of para-hydroxylation sites is 1. The lowest BCUT2D eigenvalue weighted by atomic mass is 10.3. The van der Waals surface area contributed by atoms with Crippen LogP contribution in [0.3, 0.4) is 0 Å². The van der Waals surface area contributed by atoms with Crippen LogP contribution in [0.2, 0.25) is 0 Å². The van der Waals surface area contributed by atoms with Crippen LogP contribution in [0.5, 0.6) is 0 Å². The summed E-state index contributed by atoms with van der Waals surface area (Å²) in [6.07, 6.45) is 1.55. The van der Waals surface area contributed by atoms with Gasteiger partial charge in [0.1, 0.15) is 0 Å². The van der Waals surface area contributed by atoms with Gasteiger partial charge in [0.25, 0.3) is 5.91 Å². The van der Waals surface area contributed by atoms with Crippen LogP contribution in [-0.2, 0) is 4.79 Å². The quantitative estimate of drug-likeness (QED) is 0.436. The molecular formula is C14H12N4OS3. The highest BCUT2D eigenvalue weighted by atomic mass is 32.2. The molecule has 0 aliphatic carbocycles. The number of benzene rings is 1. The second-order valence-electron chi connectivity index (χ2n) is 4.32. The largest absolute Gasteiger partial charge is 0.272 e. The average Bonchev–Trinajstić information content (AvgIpc) is 3.11. The van der Waals surface area contributed by atoms with Gasteiger partial charge in [-0.1, -0.05) is 23.9 Å². The second kappa shape index (κ2) is 6.99. The maximum atomic E-state index is 11.7. The number of carbonyl (C=O) groups excluding carboxylic acids is 1. The molecular weight excluding hydrogens is 336 g/mol. The van der Waals surface area contributed by atoms with E-state index in [1.54, 1.807) is 28.9 Å². The van der Waals surface area contributed by atoms with E-state index in [1.807, 2.05) is 36.6 Å². The number of nitrogens with zero attached hydrogens (tertiary/aromatic N) is 3. The molecule has 1 amide bonds. The third-order valence-corrected chi connectivity index (χ3v) is 5.59. The molecule has 2 heterocycles. The Bertz CT molecular complexity index is 791. The fourth-order valence-corrected chi connectivity index (χ4v) is 4.11. The van der Waals surface area contributed by atoms with E-state index in [2.05, 4.69) is 20.5 Å². The van der Waals surface area contributed by atoms with Crippen molar-refractivity contribution in [3.8, 4) is 0 Å². The van der Waals surface area contributed by atoms with E-state index >= 15 is 0 Å². The van der Waals surface area contributed by atoms with Gasteiger partial charge in [-0.05, 0) is 19.1 Å². The number of carbonyl (C=O) groups is 1. The molecule has 22 heavy (non-hydrogen) atoms. The van der Waals surface area contributed by atoms with Crippen molar-refractivity contribution in [1.82, 2.24) is 15.4 Å². The van der Waals surface area contributed by atoms with Crippen LogP contribution in [0.15, 0.2) is 39.1 Å². The number of aryl methyl sites for hydroxylation is 1. The van der Waals surface area contributed by atoms with Crippen molar-refractivity contribution in [1.29, 1.82) is 0 Å². The molecule has 0 unspecified atom stereocenters. The first-order valence-electron chi connectivity index (χ1n) is 6.43. The van der Waals surface area contributed by atoms with Crippen molar-refractivity contribution < 1.29 is 4.79 Å². The number of nitrogens with one attached hydrogen (secondary N) is 1. The lowest BCUT2D eigenvalue weighted by Gasteiger charge is -1.96. The second-order valence-corrected chi connectivity index (χ2v) is 7.64. The van der Waals surface area contributed by atoms with Crippen molar-refractivity contribution in [3.05, 3.63) is 40.3 Å². The van der Waals surface area contributed by atoms with Crippen molar-refractivity contribution in [2.45, 2.75) is 11.3 Å². The van der Waals surface area contributed by atoms with Crippen molar-refractivity contribution >= 4 is 56.8 Å². The topological polar surface area (TPSA) is 67.2 Å². The molecule has 8 heteroatoms. The van der Waals surface area contributed by atoms with E-state index in [4.69, 9.17) is 0 Å². The van der Waals surface area contributed by atoms with Gasteiger partial charge in [0.05, 0.1) is 32.9 Å². The summed E-state index contributed by atoms with van der Waals surface area (Å²) in [5.74, 6) is 0.125. The maximum Gasteiger partial charge on any atom is 0.250 e. The van der Waals surface area contributed by atoms with E-state index < -0.39 is 0 Å². The first kappa shape index (κ1) is 15.1. The average molecular weight is 348 g/mol. The Morgan fingerprint density at radius 3 is 3.05 bits per heavy atom. The van der Waals surface area contributed by atoms with Crippen LogP contribution in [0.4, 0.5) is 0 Å². The minimum absolute atomic E-state index is 0.160. The van der Waals surface area contributed by atoms with Gasteiger partial charge in [0, 0.05) is 5.38 Å². The van der Waals surface area contributed by atoms with Crippen molar-refractivity contribution in [2.75, 3.05) is 5.75 Å². The predicted octanol–water partition coefficient (Wildman–Crippen LogP) is 3.30. The molecule has 2 aromatic heterocycles. The Hall–Kier alpha value is -1.77. The van der Waals surface area contributed by atoms with Gasteiger partial charge in [0.2, 0.25) is 0 Å². The van der Waals surface area contributed by atoms with Crippen molar-refractivity contribution in [2.24, 2.45) is 5.10 Å². The number of rotatable bonds is 5. The summed E-state index contributed by atoms with van der Waals surface area (Å²) < 4.78 is 2.01. The smallest absolute Gasteiger partial charge is 0.250 e. The molecule has 0 saturated carbocycles. The van der Waals surface area contributed by atoms with E-state index in [1.165, 1.54) is 11.8 Å². The summed E-state index contributed by atoms with van der Waals surface area (Å²) in [6.45, 7) is 1.93. The monoisotopic (exact) mass is 348 g/mol. The molecule has 0 spiro atoms. The lowest BCUT2D eigenvalue weighted by molar-refractivity contribution is -0.118. The van der Waals surface area contributed by atoms with Gasteiger partial charge in [-0.3, -0.25) is 4.79 Å². The van der Waals surface area contributed by atoms with Crippen LogP contribution in [0.1, 0.15) is 10.7 Å². The molecule has 0 atom stereocenters. The van der Waals surface area contributed by atoms with Gasteiger partial charge in [-0.15, -0.1) is 22.7 Å². The van der Waals surface area contributed by atoms with E-state index in [0.717, 1.165) is 25.3 Å². The molecule has 1 N–H and O–H groups in total. The number of thiazole rings is 2. The number of hydrogen-bond donors (Lipinski definition) is 1. The number of amides is 1. The molecule has 1 aromatic carbocycles. The summed E-state index contributed by atoms with van der Waals surface area (Å²) in [5.41, 5.74) is 4.21. The van der Waals surface area contributed by atoms with Crippen LogP contribution in [0, 0.1) is 6.92 Å². The molecule has 0 aliphatic rings. The Labute approximate surface area is 139 Å². The van der Waals surface area contributed by atoms with Gasteiger partial charge < -0.3 is 0 Å². The number of aromatic nitrogens is 2. The molecule has 112 valence electrons. The Balaban J connectivity index is 1.50. The van der Waals surface area contributed by atoms with E-state index in [-0.39, 0.29) is 11.7 Å². The summed E-state index contributed by atoms with van der Waals surface area (Å²) in [5, 5.41) is 6.76. The highest BCUT2D eigenvalue weighted by Gasteiger charge is 2.06. The first-order valence-corrected chi connectivity index (χ1v) is 9.11. The normalized spacial score (nSPS) is 11.3. The van der Waals surface area contributed by atoms with E-state index in [9.17, 15) is 4.79 Å². The van der Waals surface area contributed by atoms with Gasteiger partial charge >= 0.3 is 0 Å². The van der Waals surface area contributed by atoms with Crippen LogP contribution >= 0.6 is 34.4 Å². The standard InChI is InChI=1S/C14H12N4OS3/c1-9-16-10(7-20-9)6-15-18-13(19)8-21-14-17-11-4-2-3-5-12(11)22-14/h2-7H,8H2,1H3,(H,18,19)/b15-6+. The molecule has 3 rings (SSSR count). The summed E-state index contributed by atoms with van der Waals surface area (Å²) in [6, 6.07) is 7.93. The fraction of sp³-hybridized carbons (Fsp3) is 0.143.